The molecule has 2 N–H and O–H groups in total. The van der Waals surface area contributed by atoms with Crippen LogP contribution in [0.3, 0.4) is 0 Å². The quantitative estimate of drug-likeness (QED) is 0.180. The first-order chi connectivity index (χ1) is 23.0. The number of aromatic nitrogens is 5. The molecule has 1 aliphatic carbocycles. The third-order valence-electron chi connectivity index (χ3n) is 7.26. The van der Waals surface area contributed by atoms with Crippen LogP contribution in [-0.4, -0.2) is 67.3 Å². The van der Waals surface area contributed by atoms with Crippen molar-refractivity contribution in [1.29, 1.82) is 0 Å². The number of hydrogen-bond donors (Lipinski definition) is 2. The molecular weight excluding hydrogens is 612 g/mol. The standard InChI is InChI=1S/C35H36N8O5/c1-22-16-24(9-10-29(22)47-25-12-13-43-31(17-25)37-21-39-43)40-33-26-18-28(41-32(44)11-8-23-6-7-23)30(19-27(26)36-20-38-33)46-15-14-42(5)34(45)48-35(2,3)4/h9-10,12-13,16-21,23H,6-7,14-15H2,1-5H3,(H,41,44)(H,36,38,40). The topological polar surface area (TPSA) is 145 Å². The summed E-state index contributed by atoms with van der Waals surface area (Å²) in [6.07, 6.45) is 6.29. The van der Waals surface area contributed by atoms with E-state index in [1.54, 1.807) is 29.9 Å². The van der Waals surface area contributed by atoms with Gasteiger partial charge in [-0.05, 0) is 82.4 Å². The molecule has 13 heteroatoms. The number of amides is 2. The first-order valence-corrected chi connectivity index (χ1v) is 15.5. The Morgan fingerprint density at radius 2 is 1.88 bits per heavy atom. The van der Waals surface area contributed by atoms with Gasteiger partial charge in [0, 0.05) is 42.4 Å². The van der Waals surface area contributed by atoms with Crippen LogP contribution in [-0.2, 0) is 9.53 Å². The van der Waals surface area contributed by atoms with Crippen molar-refractivity contribution in [2.75, 3.05) is 30.8 Å². The number of nitrogens with zero attached hydrogens (tertiary/aromatic N) is 6. The lowest BCUT2D eigenvalue weighted by molar-refractivity contribution is -0.111. The smallest absolute Gasteiger partial charge is 0.410 e. The second kappa shape index (κ2) is 13.4. The summed E-state index contributed by atoms with van der Waals surface area (Å²) in [7, 11) is 1.64. The summed E-state index contributed by atoms with van der Waals surface area (Å²) >= 11 is 0. The van der Waals surface area contributed by atoms with Crippen molar-refractivity contribution < 1.29 is 23.8 Å². The lowest BCUT2D eigenvalue weighted by Crippen LogP contribution is -2.36. The van der Waals surface area contributed by atoms with E-state index >= 15 is 0 Å². The van der Waals surface area contributed by atoms with E-state index in [0.29, 0.717) is 45.3 Å². The molecule has 1 aliphatic rings. The lowest BCUT2D eigenvalue weighted by atomic mass is 10.1. The summed E-state index contributed by atoms with van der Waals surface area (Å²) in [6.45, 7) is 7.79. The van der Waals surface area contributed by atoms with Crippen LogP contribution in [0.25, 0.3) is 16.6 Å². The molecule has 48 heavy (non-hydrogen) atoms. The average Bonchev–Trinajstić information content (AvgIpc) is 3.75. The Morgan fingerprint density at radius 1 is 1.04 bits per heavy atom. The van der Waals surface area contributed by atoms with Crippen molar-refractivity contribution >= 4 is 45.7 Å². The van der Waals surface area contributed by atoms with Gasteiger partial charge in [-0.25, -0.2) is 24.3 Å². The highest BCUT2D eigenvalue weighted by atomic mass is 16.6. The second-order valence-corrected chi connectivity index (χ2v) is 12.5. The van der Waals surface area contributed by atoms with E-state index < -0.39 is 17.6 Å². The van der Waals surface area contributed by atoms with Crippen molar-refractivity contribution in [3.63, 3.8) is 0 Å². The van der Waals surface area contributed by atoms with Gasteiger partial charge in [0.05, 0.1) is 17.7 Å². The number of anilines is 3. The van der Waals surface area contributed by atoms with Gasteiger partial charge in [0.2, 0.25) is 0 Å². The molecule has 13 nitrogen and oxygen atoms in total. The Bertz CT molecular complexity index is 2060. The average molecular weight is 649 g/mol. The van der Waals surface area contributed by atoms with E-state index in [4.69, 9.17) is 14.2 Å². The van der Waals surface area contributed by atoms with Gasteiger partial charge in [0.15, 0.2) is 5.65 Å². The first kappa shape index (κ1) is 32.1. The fourth-order valence-corrected chi connectivity index (χ4v) is 4.64. The largest absolute Gasteiger partial charge is 0.489 e. The molecule has 0 aliphatic heterocycles. The second-order valence-electron chi connectivity index (χ2n) is 12.5. The molecule has 2 amide bonds. The highest BCUT2D eigenvalue weighted by molar-refractivity contribution is 6.06. The third-order valence-corrected chi connectivity index (χ3v) is 7.26. The van der Waals surface area contributed by atoms with Crippen LogP contribution in [0.4, 0.5) is 22.0 Å². The number of pyridine rings is 1. The fraction of sp³-hybridized carbons (Fsp3) is 0.314. The van der Waals surface area contributed by atoms with Crippen molar-refractivity contribution in [2.24, 2.45) is 5.92 Å². The van der Waals surface area contributed by atoms with Gasteiger partial charge in [0.25, 0.3) is 5.91 Å². The highest BCUT2D eigenvalue weighted by Gasteiger charge is 2.21. The minimum atomic E-state index is -0.613. The van der Waals surface area contributed by atoms with Crippen LogP contribution in [0.2, 0.25) is 0 Å². The number of ether oxygens (including phenoxy) is 3. The predicted octanol–water partition coefficient (Wildman–Crippen LogP) is 6.11. The molecule has 1 fully saturated rings. The van der Waals surface area contributed by atoms with E-state index in [2.05, 4.69) is 42.5 Å². The molecule has 0 bridgehead atoms. The van der Waals surface area contributed by atoms with Gasteiger partial charge >= 0.3 is 6.09 Å². The molecule has 3 heterocycles. The maximum absolute atomic E-state index is 12.8. The van der Waals surface area contributed by atoms with Gasteiger partial charge in [-0.2, -0.15) is 5.10 Å². The highest BCUT2D eigenvalue weighted by Crippen LogP contribution is 2.35. The fourth-order valence-electron chi connectivity index (χ4n) is 4.64. The minimum absolute atomic E-state index is 0.147. The van der Waals surface area contributed by atoms with E-state index in [0.717, 1.165) is 24.1 Å². The molecular formula is C35H36N8O5. The van der Waals surface area contributed by atoms with E-state index in [1.807, 2.05) is 58.0 Å². The van der Waals surface area contributed by atoms with Gasteiger partial charge in [-0.3, -0.25) is 4.79 Å². The summed E-state index contributed by atoms with van der Waals surface area (Å²) in [4.78, 5) is 39.8. The van der Waals surface area contributed by atoms with E-state index in [-0.39, 0.29) is 19.1 Å². The Hall–Kier alpha value is -5.90. The molecule has 0 atom stereocenters. The summed E-state index contributed by atoms with van der Waals surface area (Å²) in [6, 6.07) is 12.8. The number of carbonyl (C=O) groups is 2. The Morgan fingerprint density at radius 3 is 2.65 bits per heavy atom. The zero-order valence-corrected chi connectivity index (χ0v) is 27.4. The third kappa shape index (κ3) is 8.08. The van der Waals surface area contributed by atoms with Crippen LogP contribution in [0, 0.1) is 24.7 Å². The molecule has 1 saturated carbocycles. The van der Waals surface area contributed by atoms with E-state index in [1.165, 1.54) is 17.6 Å². The zero-order valence-electron chi connectivity index (χ0n) is 27.4. The number of rotatable bonds is 9. The summed E-state index contributed by atoms with van der Waals surface area (Å²) < 4.78 is 19.3. The molecule has 0 unspecified atom stereocenters. The van der Waals surface area contributed by atoms with Crippen LogP contribution in [0.1, 0.15) is 39.2 Å². The predicted molar refractivity (Wildman–Crippen MR) is 181 cm³/mol. The van der Waals surface area contributed by atoms with Crippen molar-refractivity contribution in [3.05, 3.63) is 66.9 Å². The molecule has 5 aromatic rings. The van der Waals surface area contributed by atoms with Crippen molar-refractivity contribution in [2.45, 2.75) is 46.1 Å². The molecule has 0 saturated heterocycles. The molecule has 0 spiro atoms. The molecule has 2 aromatic carbocycles. The Balaban J connectivity index is 1.22. The Kier molecular flexibility index (Phi) is 8.98. The lowest BCUT2D eigenvalue weighted by Gasteiger charge is -2.24. The van der Waals surface area contributed by atoms with Crippen LogP contribution >= 0.6 is 0 Å². The van der Waals surface area contributed by atoms with Gasteiger partial charge in [-0.15, -0.1) is 0 Å². The van der Waals surface area contributed by atoms with Gasteiger partial charge in [0.1, 0.15) is 47.9 Å². The van der Waals surface area contributed by atoms with Crippen LogP contribution < -0.4 is 20.1 Å². The monoisotopic (exact) mass is 648 g/mol. The molecule has 246 valence electrons. The molecule has 0 radical (unpaired) electrons. The summed E-state index contributed by atoms with van der Waals surface area (Å²) in [5.74, 6) is 7.73. The SMILES string of the molecule is Cc1cc(Nc2ncnc3cc(OCCN(C)C(=O)OC(C)(C)C)c(NC(=O)C#CC4CC4)cc23)ccc1Oc1ccn2ncnc2c1. The zero-order chi connectivity index (χ0) is 33.8. The normalized spacial score (nSPS) is 12.6. The summed E-state index contributed by atoms with van der Waals surface area (Å²) in [5, 5.41) is 11.0. The van der Waals surface area contributed by atoms with Crippen molar-refractivity contribution in [1.82, 2.24) is 29.5 Å². The number of benzene rings is 2. The Labute approximate surface area is 277 Å². The number of hydrogen-bond acceptors (Lipinski definition) is 10. The first-order valence-electron chi connectivity index (χ1n) is 15.5. The van der Waals surface area contributed by atoms with E-state index in [9.17, 15) is 9.59 Å². The maximum Gasteiger partial charge on any atom is 0.410 e. The summed E-state index contributed by atoms with van der Waals surface area (Å²) in [5.41, 5.74) is 2.74. The van der Waals surface area contributed by atoms with Gasteiger partial charge in [-0.1, -0.05) is 5.92 Å². The van der Waals surface area contributed by atoms with Crippen molar-refractivity contribution in [3.8, 4) is 29.1 Å². The van der Waals surface area contributed by atoms with Gasteiger partial charge < -0.3 is 29.7 Å². The molecule has 3 aromatic heterocycles. The number of nitrogens with one attached hydrogen (secondary N) is 2. The number of aryl methyl sites for hydroxylation is 1. The number of carbonyl (C=O) groups excluding carboxylic acids is 2. The van der Waals surface area contributed by atoms with Crippen LogP contribution in [0.5, 0.6) is 17.2 Å². The minimum Gasteiger partial charge on any atom is -0.489 e. The molecule has 6 rings (SSSR count). The maximum atomic E-state index is 12.8. The number of likely N-dealkylation sites (N-methyl/N-ethyl adjacent to an activating group) is 1. The number of fused-ring (bicyclic) bond motifs is 2. The van der Waals surface area contributed by atoms with Crippen LogP contribution in [0.15, 0.2) is 61.3 Å².